The predicted octanol–water partition coefficient (Wildman–Crippen LogP) is 8.37. The van der Waals surface area contributed by atoms with Gasteiger partial charge in [-0.1, -0.05) is 82.6 Å². The maximum absolute atomic E-state index is 12.1. The van der Waals surface area contributed by atoms with E-state index in [2.05, 4.69) is 25.7 Å². The Bertz CT molecular complexity index is 633. The summed E-state index contributed by atoms with van der Waals surface area (Å²) in [5.41, 5.74) is 1.09. The highest BCUT2D eigenvalue weighted by atomic mass is 16.6. The molecule has 0 spiro atoms. The highest BCUT2D eigenvalue weighted by Gasteiger charge is 2.10. The average Bonchev–Trinajstić information content (AvgIpc) is 2.77. The van der Waals surface area contributed by atoms with Crippen LogP contribution in [-0.4, -0.2) is 13.1 Å². The zero-order valence-electron chi connectivity index (χ0n) is 20.0. The number of unbranched alkanes of at least 4 members (excludes halogenated alkanes) is 11. The van der Waals surface area contributed by atoms with Crippen molar-refractivity contribution < 1.29 is 14.3 Å². The summed E-state index contributed by atoms with van der Waals surface area (Å²) in [6, 6.07) is 5.64. The fourth-order valence-corrected chi connectivity index (χ4v) is 3.60. The number of esters is 1. The van der Waals surface area contributed by atoms with Gasteiger partial charge in [0.2, 0.25) is 0 Å². The van der Waals surface area contributed by atoms with Crippen molar-refractivity contribution in [2.24, 2.45) is 0 Å². The van der Waals surface area contributed by atoms with Gasteiger partial charge in [-0.2, -0.15) is 0 Å². The number of methoxy groups -OCH3 is 1. The Morgan fingerprint density at radius 3 is 2.10 bits per heavy atom. The minimum absolute atomic E-state index is 0.188. The molecule has 0 atom stereocenters. The maximum atomic E-state index is 12.1. The zero-order valence-corrected chi connectivity index (χ0v) is 20.0. The summed E-state index contributed by atoms with van der Waals surface area (Å²) in [7, 11) is 1.59. The first kappa shape index (κ1) is 27.0. The van der Waals surface area contributed by atoms with Gasteiger partial charge in [-0.15, -0.1) is 6.58 Å². The lowest BCUT2D eigenvalue weighted by Crippen LogP contribution is -2.08. The number of allylic oxidation sites excluding steroid dienone is 3. The van der Waals surface area contributed by atoms with Crippen LogP contribution >= 0.6 is 0 Å². The van der Waals surface area contributed by atoms with E-state index in [0.717, 1.165) is 24.8 Å². The quantitative estimate of drug-likeness (QED) is 0.0960. The van der Waals surface area contributed by atoms with E-state index in [1.807, 2.05) is 18.2 Å². The lowest BCUT2D eigenvalue weighted by molar-refractivity contribution is -0.134. The average molecular weight is 429 g/mol. The molecule has 0 aromatic heterocycles. The van der Waals surface area contributed by atoms with Gasteiger partial charge in [0.25, 0.3) is 0 Å². The van der Waals surface area contributed by atoms with Gasteiger partial charge < -0.3 is 9.47 Å². The summed E-state index contributed by atoms with van der Waals surface area (Å²) >= 11 is 0. The fourth-order valence-electron chi connectivity index (χ4n) is 3.60. The smallest absolute Gasteiger partial charge is 0.311 e. The third-order valence-corrected chi connectivity index (χ3v) is 5.47. The van der Waals surface area contributed by atoms with Crippen molar-refractivity contribution in [2.75, 3.05) is 7.11 Å². The van der Waals surface area contributed by atoms with Gasteiger partial charge in [-0.05, 0) is 56.2 Å². The van der Waals surface area contributed by atoms with E-state index < -0.39 is 0 Å². The van der Waals surface area contributed by atoms with Crippen LogP contribution in [0.5, 0.6) is 11.5 Å². The van der Waals surface area contributed by atoms with Gasteiger partial charge in [0.1, 0.15) is 0 Å². The number of benzene rings is 1. The Hall–Kier alpha value is -2.03. The van der Waals surface area contributed by atoms with Crippen LogP contribution in [-0.2, 0) is 11.2 Å². The van der Waals surface area contributed by atoms with Crippen LogP contribution < -0.4 is 9.47 Å². The van der Waals surface area contributed by atoms with Crippen molar-refractivity contribution in [2.45, 2.75) is 103 Å². The Labute approximate surface area is 190 Å². The van der Waals surface area contributed by atoms with Gasteiger partial charge >= 0.3 is 5.97 Å². The summed E-state index contributed by atoms with van der Waals surface area (Å²) in [6.07, 6.45) is 24.0. The highest BCUT2D eigenvalue weighted by Crippen LogP contribution is 2.29. The van der Waals surface area contributed by atoms with E-state index >= 15 is 0 Å². The Kier molecular flexibility index (Phi) is 16.3. The van der Waals surface area contributed by atoms with Gasteiger partial charge in [0.15, 0.2) is 11.5 Å². The lowest BCUT2D eigenvalue weighted by Gasteiger charge is -2.10. The summed E-state index contributed by atoms with van der Waals surface area (Å²) < 4.78 is 10.8. The first-order valence-corrected chi connectivity index (χ1v) is 12.3. The molecule has 1 rings (SSSR count). The van der Waals surface area contributed by atoms with Gasteiger partial charge in [-0.3, -0.25) is 4.79 Å². The summed E-state index contributed by atoms with van der Waals surface area (Å²) in [4.78, 5) is 12.1. The van der Waals surface area contributed by atoms with E-state index in [1.165, 1.54) is 70.6 Å². The molecule has 0 aliphatic carbocycles. The Morgan fingerprint density at radius 2 is 1.48 bits per heavy atom. The summed E-state index contributed by atoms with van der Waals surface area (Å²) in [5, 5.41) is 0. The van der Waals surface area contributed by atoms with Crippen molar-refractivity contribution in [1.82, 2.24) is 0 Å². The van der Waals surface area contributed by atoms with Crippen LogP contribution in [0.25, 0.3) is 0 Å². The SMILES string of the molecule is C=CCc1ccc(OC(=O)CCCCCCC/C=C\CCCCCCCC)c(OC)c1. The van der Waals surface area contributed by atoms with Crippen molar-refractivity contribution in [3.63, 3.8) is 0 Å². The van der Waals surface area contributed by atoms with Crippen molar-refractivity contribution >= 4 is 5.97 Å². The highest BCUT2D eigenvalue weighted by molar-refractivity contribution is 5.73. The standard InChI is InChI=1S/C28H44O3/c1-4-6-7-8-9-10-11-12-13-14-15-16-17-18-19-21-28(29)31-26-23-22-25(20-5-2)24-27(26)30-3/h5,12-13,22-24H,2,4,6-11,14-21H2,1,3H3/b13-12-. The van der Waals surface area contributed by atoms with E-state index in [9.17, 15) is 4.79 Å². The molecule has 0 aliphatic rings. The summed E-state index contributed by atoms with van der Waals surface area (Å²) in [6.45, 7) is 6.01. The van der Waals surface area contributed by atoms with E-state index in [4.69, 9.17) is 9.47 Å². The fraction of sp³-hybridized carbons (Fsp3) is 0.607. The van der Waals surface area contributed by atoms with E-state index in [1.54, 1.807) is 13.2 Å². The molecular formula is C28H44O3. The molecule has 0 heterocycles. The maximum Gasteiger partial charge on any atom is 0.311 e. The third kappa shape index (κ3) is 13.8. The van der Waals surface area contributed by atoms with Crippen LogP contribution in [0.4, 0.5) is 0 Å². The molecule has 3 heteroatoms. The molecule has 0 amide bonds. The first-order chi connectivity index (χ1) is 15.2. The molecule has 1 aromatic carbocycles. The van der Waals surface area contributed by atoms with Gasteiger partial charge in [0, 0.05) is 6.42 Å². The number of ether oxygens (including phenoxy) is 2. The Balaban J connectivity index is 2.04. The van der Waals surface area contributed by atoms with Gasteiger partial charge in [-0.25, -0.2) is 0 Å². The van der Waals surface area contributed by atoms with Crippen LogP contribution in [0.1, 0.15) is 102 Å². The number of carbonyl (C=O) groups is 1. The molecule has 0 saturated carbocycles. The molecule has 31 heavy (non-hydrogen) atoms. The molecule has 0 saturated heterocycles. The first-order valence-electron chi connectivity index (χ1n) is 12.3. The largest absolute Gasteiger partial charge is 0.493 e. The normalized spacial score (nSPS) is 11.0. The molecule has 3 nitrogen and oxygen atoms in total. The molecule has 0 aliphatic heterocycles. The van der Waals surface area contributed by atoms with Crippen LogP contribution in [0, 0.1) is 0 Å². The second-order valence-electron chi connectivity index (χ2n) is 8.29. The molecule has 174 valence electrons. The molecule has 0 bridgehead atoms. The molecular weight excluding hydrogens is 384 g/mol. The van der Waals surface area contributed by atoms with Crippen molar-refractivity contribution in [3.8, 4) is 11.5 Å². The number of hydrogen-bond donors (Lipinski definition) is 0. The molecule has 0 radical (unpaired) electrons. The van der Waals surface area contributed by atoms with E-state index in [-0.39, 0.29) is 5.97 Å². The van der Waals surface area contributed by atoms with Crippen molar-refractivity contribution in [3.05, 3.63) is 48.6 Å². The molecule has 0 fully saturated rings. The van der Waals surface area contributed by atoms with Crippen LogP contribution in [0.2, 0.25) is 0 Å². The second kappa shape index (κ2) is 18.7. The molecule has 0 N–H and O–H groups in total. The minimum atomic E-state index is -0.188. The van der Waals surface area contributed by atoms with Gasteiger partial charge in [0.05, 0.1) is 7.11 Å². The number of hydrogen-bond acceptors (Lipinski definition) is 3. The minimum Gasteiger partial charge on any atom is -0.493 e. The number of carbonyl (C=O) groups excluding carboxylic acids is 1. The van der Waals surface area contributed by atoms with Crippen LogP contribution in [0.3, 0.4) is 0 Å². The topological polar surface area (TPSA) is 35.5 Å². The molecule has 1 aromatic rings. The van der Waals surface area contributed by atoms with Crippen LogP contribution in [0.15, 0.2) is 43.0 Å². The summed E-state index contributed by atoms with van der Waals surface area (Å²) in [5.74, 6) is 0.901. The molecule has 0 unspecified atom stereocenters. The zero-order chi connectivity index (χ0) is 22.6. The lowest BCUT2D eigenvalue weighted by atomic mass is 10.1. The Morgan fingerprint density at radius 1 is 0.871 bits per heavy atom. The second-order valence-corrected chi connectivity index (χ2v) is 8.29. The monoisotopic (exact) mass is 428 g/mol. The predicted molar refractivity (Wildman–Crippen MR) is 132 cm³/mol. The third-order valence-electron chi connectivity index (χ3n) is 5.47. The van der Waals surface area contributed by atoms with E-state index in [0.29, 0.717) is 17.9 Å². The number of rotatable bonds is 19. The van der Waals surface area contributed by atoms with Crippen molar-refractivity contribution in [1.29, 1.82) is 0 Å².